The Balaban J connectivity index is 2.26. The molecule has 5 nitrogen and oxygen atoms in total. The molecule has 19 heavy (non-hydrogen) atoms. The molecule has 0 radical (unpaired) electrons. The number of non-ortho nitro benzene ring substituents is 1. The van der Waals surface area contributed by atoms with Crippen LogP contribution in [0.5, 0.6) is 0 Å². The van der Waals surface area contributed by atoms with E-state index in [1.54, 1.807) is 11.9 Å². The highest BCUT2D eigenvalue weighted by molar-refractivity contribution is 6.33. The molecule has 0 saturated heterocycles. The molecule has 1 saturated carbocycles. The standard InChI is InChI=1S/C13H15ClN2O3/c1-15(9-4-2-3-5-9)13(17)11-8-10(16(18)19)6-7-12(11)14/h6-9H,2-5H2,1H3. The first-order chi connectivity index (χ1) is 9.00. The van der Waals surface area contributed by atoms with E-state index in [1.165, 1.54) is 18.2 Å². The Labute approximate surface area is 116 Å². The molecule has 0 bridgehead atoms. The van der Waals surface area contributed by atoms with Crippen molar-refractivity contribution < 1.29 is 9.72 Å². The Kier molecular flexibility index (Phi) is 4.04. The number of nitrogens with zero attached hydrogens (tertiary/aromatic N) is 2. The zero-order chi connectivity index (χ0) is 14.0. The van der Waals surface area contributed by atoms with Crippen LogP contribution in [0.1, 0.15) is 36.0 Å². The smallest absolute Gasteiger partial charge is 0.270 e. The fourth-order valence-electron chi connectivity index (χ4n) is 2.44. The summed E-state index contributed by atoms with van der Waals surface area (Å²) in [6.45, 7) is 0. The van der Waals surface area contributed by atoms with Crippen LogP contribution in [-0.2, 0) is 0 Å². The fourth-order valence-corrected chi connectivity index (χ4v) is 2.64. The highest BCUT2D eigenvalue weighted by Crippen LogP contribution is 2.27. The van der Waals surface area contributed by atoms with Gasteiger partial charge in [0.2, 0.25) is 0 Å². The molecular formula is C13H15ClN2O3. The Morgan fingerprint density at radius 1 is 1.42 bits per heavy atom. The lowest BCUT2D eigenvalue weighted by molar-refractivity contribution is -0.384. The van der Waals surface area contributed by atoms with E-state index in [-0.39, 0.29) is 28.2 Å². The Hall–Kier alpha value is -1.62. The van der Waals surface area contributed by atoms with Gasteiger partial charge in [0.05, 0.1) is 15.5 Å². The SMILES string of the molecule is CN(C(=O)c1cc([N+](=O)[O-])ccc1Cl)C1CCCC1. The molecule has 0 heterocycles. The Morgan fingerprint density at radius 3 is 2.63 bits per heavy atom. The number of carbonyl (C=O) groups is 1. The van der Waals surface area contributed by atoms with Crippen molar-refractivity contribution in [3.05, 3.63) is 38.9 Å². The minimum atomic E-state index is -0.525. The predicted octanol–water partition coefficient (Wildman–Crippen LogP) is 3.26. The normalized spacial score (nSPS) is 15.5. The van der Waals surface area contributed by atoms with Gasteiger partial charge in [-0.3, -0.25) is 14.9 Å². The lowest BCUT2D eigenvalue weighted by Gasteiger charge is -2.24. The van der Waals surface area contributed by atoms with Gasteiger partial charge in [-0.1, -0.05) is 24.4 Å². The van der Waals surface area contributed by atoms with Crippen LogP contribution in [0.2, 0.25) is 5.02 Å². The maximum Gasteiger partial charge on any atom is 0.270 e. The second kappa shape index (κ2) is 5.57. The molecule has 0 aliphatic heterocycles. The Morgan fingerprint density at radius 2 is 2.05 bits per heavy atom. The molecule has 2 rings (SSSR count). The van der Waals surface area contributed by atoms with E-state index >= 15 is 0 Å². The predicted molar refractivity (Wildman–Crippen MR) is 72.5 cm³/mol. The van der Waals surface area contributed by atoms with Crippen molar-refractivity contribution in [2.75, 3.05) is 7.05 Å². The quantitative estimate of drug-likeness (QED) is 0.631. The second-order valence-corrected chi connectivity index (χ2v) is 5.18. The number of hydrogen-bond acceptors (Lipinski definition) is 3. The summed E-state index contributed by atoms with van der Waals surface area (Å²) in [4.78, 5) is 24.2. The molecule has 1 fully saturated rings. The number of carbonyl (C=O) groups excluding carboxylic acids is 1. The van der Waals surface area contributed by atoms with Crippen LogP contribution in [-0.4, -0.2) is 28.8 Å². The second-order valence-electron chi connectivity index (χ2n) is 4.78. The lowest BCUT2D eigenvalue weighted by Crippen LogP contribution is -2.35. The van der Waals surface area contributed by atoms with Crippen LogP contribution in [0.25, 0.3) is 0 Å². The van der Waals surface area contributed by atoms with Gasteiger partial charge in [0.25, 0.3) is 11.6 Å². The summed E-state index contributed by atoms with van der Waals surface area (Å²) in [5.41, 5.74) is 0.0813. The fraction of sp³-hybridized carbons (Fsp3) is 0.462. The summed E-state index contributed by atoms with van der Waals surface area (Å²) in [5.74, 6) is -0.249. The summed E-state index contributed by atoms with van der Waals surface area (Å²) in [5, 5.41) is 11.0. The zero-order valence-electron chi connectivity index (χ0n) is 10.6. The van der Waals surface area contributed by atoms with Crippen LogP contribution in [0.3, 0.4) is 0 Å². The number of nitro benzene ring substituents is 1. The number of hydrogen-bond donors (Lipinski definition) is 0. The van der Waals surface area contributed by atoms with E-state index in [4.69, 9.17) is 11.6 Å². The van der Waals surface area contributed by atoms with Gasteiger partial charge in [-0.15, -0.1) is 0 Å². The van der Waals surface area contributed by atoms with Crippen molar-refractivity contribution in [2.24, 2.45) is 0 Å². The van der Waals surface area contributed by atoms with Gasteiger partial charge in [0, 0.05) is 25.2 Å². The summed E-state index contributed by atoms with van der Waals surface area (Å²) in [6, 6.07) is 4.16. The monoisotopic (exact) mass is 282 g/mol. The molecule has 0 aromatic heterocycles. The number of nitro groups is 1. The number of amides is 1. The first-order valence-electron chi connectivity index (χ1n) is 6.22. The van der Waals surface area contributed by atoms with Crippen molar-refractivity contribution in [3.8, 4) is 0 Å². The van der Waals surface area contributed by atoms with E-state index in [0.717, 1.165) is 25.7 Å². The minimum Gasteiger partial charge on any atom is -0.339 e. The highest BCUT2D eigenvalue weighted by Gasteiger charge is 2.26. The van der Waals surface area contributed by atoms with E-state index in [1.807, 2.05) is 0 Å². The van der Waals surface area contributed by atoms with Crippen LogP contribution in [0.4, 0.5) is 5.69 Å². The molecule has 1 aliphatic carbocycles. The van der Waals surface area contributed by atoms with Gasteiger partial charge in [-0.2, -0.15) is 0 Å². The molecule has 1 aromatic rings. The first kappa shape index (κ1) is 13.8. The largest absolute Gasteiger partial charge is 0.339 e. The van der Waals surface area contributed by atoms with Crippen molar-refractivity contribution in [2.45, 2.75) is 31.7 Å². The lowest BCUT2D eigenvalue weighted by atomic mass is 10.1. The summed E-state index contributed by atoms with van der Waals surface area (Å²) >= 11 is 5.98. The molecule has 1 aliphatic rings. The number of rotatable bonds is 3. The third-order valence-electron chi connectivity index (χ3n) is 3.58. The van der Waals surface area contributed by atoms with Crippen LogP contribution >= 0.6 is 11.6 Å². The third-order valence-corrected chi connectivity index (χ3v) is 3.91. The molecule has 1 aromatic carbocycles. The average molecular weight is 283 g/mol. The first-order valence-corrected chi connectivity index (χ1v) is 6.59. The third kappa shape index (κ3) is 2.87. The van der Waals surface area contributed by atoms with Crippen LogP contribution in [0.15, 0.2) is 18.2 Å². The summed E-state index contributed by atoms with van der Waals surface area (Å²) in [6.07, 6.45) is 4.19. The average Bonchev–Trinajstić information content (AvgIpc) is 2.91. The van der Waals surface area contributed by atoms with Gasteiger partial charge >= 0.3 is 0 Å². The van der Waals surface area contributed by atoms with E-state index in [0.29, 0.717) is 0 Å². The molecule has 0 spiro atoms. The van der Waals surface area contributed by atoms with Crippen molar-refractivity contribution in [1.29, 1.82) is 0 Å². The van der Waals surface area contributed by atoms with Crippen molar-refractivity contribution in [3.63, 3.8) is 0 Å². The number of benzene rings is 1. The van der Waals surface area contributed by atoms with Gasteiger partial charge in [0.15, 0.2) is 0 Å². The van der Waals surface area contributed by atoms with Gasteiger partial charge in [-0.25, -0.2) is 0 Å². The van der Waals surface area contributed by atoms with Gasteiger partial charge < -0.3 is 4.90 Å². The maximum absolute atomic E-state index is 12.3. The van der Waals surface area contributed by atoms with E-state index < -0.39 is 4.92 Å². The molecule has 6 heteroatoms. The molecule has 102 valence electrons. The molecule has 1 amide bonds. The van der Waals surface area contributed by atoms with Crippen LogP contribution in [0, 0.1) is 10.1 Å². The summed E-state index contributed by atoms with van der Waals surface area (Å²) in [7, 11) is 1.73. The van der Waals surface area contributed by atoms with Gasteiger partial charge in [-0.05, 0) is 18.9 Å². The maximum atomic E-state index is 12.3. The molecule has 0 N–H and O–H groups in total. The van der Waals surface area contributed by atoms with Crippen LogP contribution < -0.4 is 0 Å². The summed E-state index contributed by atoms with van der Waals surface area (Å²) < 4.78 is 0. The Bertz CT molecular complexity index is 513. The van der Waals surface area contributed by atoms with Gasteiger partial charge in [0.1, 0.15) is 0 Å². The molecular weight excluding hydrogens is 268 g/mol. The number of halogens is 1. The van der Waals surface area contributed by atoms with E-state index in [9.17, 15) is 14.9 Å². The topological polar surface area (TPSA) is 63.5 Å². The minimum absolute atomic E-state index is 0.118. The van der Waals surface area contributed by atoms with Crippen molar-refractivity contribution >= 4 is 23.2 Å². The van der Waals surface area contributed by atoms with Crippen molar-refractivity contribution in [1.82, 2.24) is 4.90 Å². The van der Waals surface area contributed by atoms with E-state index in [2.05, 4.69) is 0 Å². The highest BCUT2D eigenvalue weighted by atomic mass is 35.5. The zero-order valence-corrected chi connectivity index (χ0v) is 11.4. The molecule has 0 atom stereocenters. The molecule has 0 unspecified atom stereocenters.